The lowest BCUT2D eigenvalue weighted by Gasteiger charge is -2.07. The van der Waals surface area contributed by atoms with E-state index in [9.17, 15) is 14.0 Å². The summed E-state index contributed by atoms with van der Waals surface area (Å²) in [6, 6.07) is 18.0. The van der Waals surface area contributed by atoms with Crippen molar-refractivity contribution in [2.75, 3.05) is 5.32 Å². The Hall–Kier alpha value is -3.27. The van der Waals surface area contributed by atoms with E-state index in [4.69, 9.17) is 0 Å². The highest BCUT2D eigenvalue weighted by Gasteiger charge is 2.26. The zero-order valence-corrected chi connectivity index (χ0v) is 12.5. The van der Waals surface area contributed by atoms with E-state index in [2.05, 4.69) is 5.32 Å². The molecule has 0 bridgehead atoms. The smallest absolute Gasteiger partial charge is 0.255 e. The van der Waals surface area contributed by atoms with Crippen LogP contribution < -0.4 is 5.32 Å². The van der Waals surface area contributed by atoms with Gasteiger partial charge in [0.25, 0.3) is 5.91 Å². The standard InChI is InChI=1S/C20H12FNO2/c21-13-6-8-14(9-7-13)22-20(24)12-5-10-16-15-3-1-2-4-17(15)19(23)18(16)11-12/h1-11H,(H,22,24). The lowest BCUT2D eigenvalue weighted by atomic mass is 10.0. The van der Waals surface area contributed by atoms with E-state index in [0.717, 1.165) is 11.1 Å². The average Bonchev–Trinajstić information content (AvgIpc) is 2.90. The molecule has 1 amide bonds. The van der Waals surface area contributed by atoms with E-state index in [-0.39, 0.29) is 17.5 Å². The van der Waals surface area contributed by atoms with Crippen molar-refractivity contribution >= 4 is 17.4 Å². The van der Waals surface area contributed by atoms with Gasteiger partial charge in [0.1, 0.15) is 5.82 Å². The predicted molar refractivity (Wildman–Crippen MR) is 89.7 cm³/mol. The number of hydrogen-bond donors (Lipinski definition) is 1. The number of benzene rings is 3. The molecule has 1 aliphatic carbocycles. The summed E-state index contributed by atoms with van der Waals surface area (Å²) in [7, 11) is 0. The summed E-state index contributed by atoms with van der Waals surface area (Å²) in [6.07, 6.45) is 0. The Balaban J connectivity index is 1.66. The Kier molecular flexibility index (Phi) is 3.24. The Morgan fingerprint density at radius 2 is 1.46 bits per heavy atom. The topological polar surface area (TPSA) is 46.2 Å². The van der Waals surface area contributed by atoms with Crippen LogP contribution in [-0.2, 0) is 0 Å². The predicted octanol–water partition coefficient (Wildman–Crippen LogP) is 4.29. The van der Waals surface area contributed by atoms with E-state index < -0.39 is 0 Å². The molecule has 0 saturated carbocycles. The molecule has 1 aliphatic rings. The van der Waals surface area contributed by atoms with Gasteiger partial charge in [0.05, 0.1) is 0 Å². The fourth-order valence-corrected chi connectivity index (χ4v) is 2.91. The van der Waals surface area contributed by atoms with Gasteiger partial charge in [-0.3, -0.25) is 9.59 Å². The van der Waals surface area contributed by atoms with Crippen LogP contribution in [0.5, 0.6) is 0 Å². The van der Waals surface area contributed by atoms with Crippen LogP contribution in [0.15, 0.2) is 66.7 Å². The van der Waals surface area contributed by atoms with E-state index >= 15 is 0 Å². The van der Waals surface area contributed by atoms with Crippen LogP contribution in [-0.4, -0.2) is 11.7 Å². The molecule has 0 atom stereocenters. The molecule has 0 heterocycles. The maximum Gasteiger partial charge on any atom is 0.255 e. The van der Waals surface area contributed by atoms with Crippen LogP contribution in [0.4, 0.5) is 10.1 Å². The zero-order chi connectivity index (χ0) is 16.7. The number of carbonyl (C=O) groups excluding carboxylic acids is 2. The minimum atomic E-state index is -0.367. The average molecular weight is 317 g/mol. The number of nitrogens with one attached hydrogen (secondary N) is 1. The van der Waals surface area contributed by atoms with E-state index in [1.807, 2.05) is 18.2 Å². The molecule has 4 heteroatoms. The van der Waals surface area contributed by atoms with Gasteiger partial charge < -0.3 is 5.32 Å². The first-order valence-electron chi connectivity index (χ1n) is 7.48. The van der Waals surface area contributed by atoms with Crippen LogP contribution >= 0.6 is 0 Å². The minimum absolute atomic E-state index is 0.0722. The number of ketones is 1. The largest absolute Gasteiger partial charge is 0.322 e. The summed E-state index contributed by atoms with van der Waals surface area (Å²) >= 11 is 0. The number of rotatable bonds is 2. The van der Waals surface area contributed by atoms with Crippen molar-refractivity contribution < 1.29 is 14.0 Å². The van der Waals surface area contributed by atoms with Crippen molar-refractivity contribution in [1.29, 1.82) is 0 Å². The molecule has 0 saturated heterocycles. The van der Waals surface area contributed by atoms with Gasteiger partial charge in [-0.1, -0.05) is 30.3 Å². The highest BCUT2D eigenvalue weighted by Crippen LogP contribution is 2.36. The molecule has 3 aromatic carbocycles. The third-order valence-electron chi connectivity index (χ3n) is 4.09. The number of hydrogen-bond acceptors (Lipinski definition) is 2. The summed E-state index contributed by atoms with van der Waals surface area (Å²) in [6.45, 7) is 0. The zero-order valence-electron chi connectivity index (χ0n) is 12.5. The van der Waals surface area contributed by atoms with Gasteiger partial charge in [-0.2, -0.15) is 0 Å². The second-order valence-corrected chi connectivity index (χ2v) is 5.60. The SMILES string of the molecule is O=C(Nc1ccc(F)cc1)c1ccc2c(c1)C(=O)c1ccccc1-2. The Labute approximate surface area is 137 Å². The van der Waals surface area contributed by atoms with E-state index in [0.29, 0.717) is 22.4 Å². The molecule has 0 fully saturated rings. The molecule has 24 heavy (non-hydrogen) atoms. The van der Waals surface area contributed by atoms with Gasteiger partial charge in [0.2, 0.25) is 0 Å². The summed E-state index contributed by atoms with van der Waals surface area (Å²) in [5.74, 6) is -0.779. The molecule has 0 spiro atoms. The van der Waals surface area contributed by atoms with Crippen molar-refractivity contribution in [2.45, 2.75) is 0 Å². The highest BCUT2D eigenvalue weighted by atomic mass is 19.1. The molecule has 1 N–H and O–H groups in total. The molecular weight excluding hydrogens is 305 g/mol. The van der Waals surface area contributed by atoms with Crippen molar-refractivity contribution in [3.8, 4) is 11.1 Å². The third-order valence-corrected chi connectivity index (χ3v) is 4.09. The fraction of sp³-hybridized carbons (Fsp3) is 0. The van der Waals surface area contributed by atoms with Crippen molar-refractivity contribution in [3.63, 3.8) is 0 Å². The summed E-state index contributed by atoms with van der Waals surface area (Å²) < 4.78 is 12.9. The van der Waals surface area contributed by atoms with E-state index in [1.165, 1.54) is 24.3 Å². The molecule has 3 aromatic rings. The van der Waals surface area contributed by atoms with Crippen LogP contribution in [0.3, 0.4) is 0 Å². The van der Waals surface area contributed by atoms with Crippen molar-refractivity contribution in [1.82, 2.24) is 0 Å². The molecule has 0 radical (unpaired) electrons. The number of carbonyl (C=O) groups is 2. The maximum absolute atomic E-state index is 12.9. The third kappa shape index (κ3) is 2.29. The second kappa shape index (κ2) is 5.42. The monoisotopic (exact) mass is 317 g/mol. The van der Waals surface area contributed by atoms with Crippen molar-refractivity contribution in [3.05, 3.63) is 89.2 Å². The lowest BCUT2D eigenvalue weighted by molar-refractivity contribution is 0.102. The van der Waals surface area contributed by atoms with Gasteiger partial charge in [-0.05, 0) is 47.5 Å². The first kappa shape index (κ1) is 14.3. The maximum atomic E-state index is 12.9. The first-order valence-corrected chi connectivity index (χ1v) is 7.48. The van der Waals surface area contributed by atoms with Gasteiger partial charge in [0, 0.05) is 22.4 Å². The number of fused-ring (bicyclic) bond motifs is 3. The summed E-state index contributed by atoms with van der Waals surface area (Å²) in [5.41, 5.74) is 3.80. The molecule has 116 valence electrons. The molecule has 0 aromatic heterocycles. The van der Waals surface area contributed by atoms with Crippen LogP contribution in [0, 0.1) is 5.82 Å². The van der Waals surface area contributed by atoms with Crippen LogP contribution in [0.25, 0.3) is 11.1 Å². The lowest BCUT2D eigenvalue weighted by Crippen LogP contribution is -2.12. The molecule has 3 nitrogen and oxygen atoms in total. The van der Waals surface area contributed by atoms with Gasteiger partial charge >= 0.3 is 0 Å². The Morgan fingerprint density at radius 1 is 0.792 bits per heavy atom. The van der Waals surface area contributed by atoms with Gasteiger partial charge in [0.15, 0.2) is 5.78 Å². The van der Waals surface area contributed by atoms with Crippen molar-refractivity contribution in [2.24, 2.45) is 0 Å². The Bertz CT molecular complexity index is 977. The summed E-state index contributed by atoms with van der Waals surface area (Å²) in [5, 5.41) is 2.70. The molecular formula is C20H12FNO2. The van der Waals surface area contributed by atoms with Crippen LogP contribution in [0.1, 0.15) is 26.3 Å². The number of anilines is 1. The molecule has 0 aliphatic heterocycles. The minimum Gasteiger partial charge on any atom is -0.322 e. The van der Waals surface area contributed by atoms with Crippen LogP contribution in [0.2, 0.25) is 0 Å². The highest BCUT2D eigenvalue weighted by molar-refractivity contribution is 6.22. The normalized spacial score (nSPS) is 11.8. The molecule has 4 rings (SSSR count). The Morgan fingerprint density at radius 3 is 2.21 bits per heavy atom. The van der Waals surface area contributed by atoms with Gasteiger partial charge in [-0.25, -0.2) is 4.39 Å². The second-order valence-electron chi connectivity index (χ2n) is 5.60. The van der Waals surface area contributed by atoms with Gasteiger partial charge in [-0.15, -0.1) is 0 Å². The number of halogens is 1. The fourth-order valence-electron chi connectivity index (χ4n) is 2.91. The summed E-state index contributed by atoms with van der Waals surface area (Å²) in [4.78, 5) is 24.8. The first-order chi connectivity index (χ1) is 11.6. The van der Waals surface area contributed by atoms with E-state index in [1.54, 1.807) is 24.3 Å². The number of amides is 1. The molecule has 0 unspecified atom stereocenters. The quantitative estimate of drug-likeness (QED) is 0.599.